The molecule has 0 unspecified atom stereocenters. The predicted octanol–water partition coefficient (Wildman–Crippen LogP) is 4.93. The average Bonchev–Trinajstić information content (AvgIpc) is 3.40. The van der Waals surface area contributed by atoms with Gasteiger partial charge in [-0.2, -0.15) is 0 Å². The summed E-state index contributed by atoms with van der Waals surface area (Å²) >= 11 is 0. The number of anilines is 1. The van der Waals surface area contributed by atoms with Crippen molar-refractivity contribution >= 4 is 28.7 Å². The second kappa shape index (κ2) is 10.9. The molecule has 3 N–H and O–H groups in total. The van der Waals surface area contributed by atoms with Crippen molar-refractivity contribution in [3.8, 4) is 28.0 Å². The Bertz CT molecular complexity index is 1470. The van der Waals surface area contributed by atoms with Crippen LogP contribution in [-0.4, -0.2) is 65.9 Å². The summed E-state index contributed by atoms with van der Waals surface area (Å²) in [5, 5.41) is 13.1. The van der Waals surface area contributed by atoms with Gasteiger partial charge in [-0.3, -0.25) is 10.1 Å². The molecule has 0 aliphatic carbocycles. The number of likely N-dealkylation sites (tertiary alicyclic amines) is 1. The molecule has 3 heterocycles. The van der Waals surface area contributed by atoms with Crippen LogP contribution in [0.5, 0.6) is 5.75 Å². The molecule has 5 rings (SSSR count). The molecule has 1 aliphatic heterocycles. The quantitative estimate of drug-likeness (QED) is 0.336. The lowest BCUT2D eigenvalue weighted by atomic mass is 9.96. The number of pyridine rings is 1. The molecule has 0 atom stereocenters. The van der Waals surface area contributed by atoms with Crippen molar-refractivity contribution in [1.82, 2.24) is 14.9 Å². The molecule has 1 saturated heterocycles. The molecule has 196 valence electrons. The number of aliphatic hydroxyl groups is 1. The first-order valence-electron chi connectivity index (χ1n) is 12.5. The number of aliphatic hydroxyl groups excluding tert-OH is 1. The highest BCUT2D eigenvalue weighted by Crippen LogP contribution is 2.36. The van der Waals surface area contributed by atoms with Crippen LogP contribution >= 0.6 is 0 Å². The Kier molecular flexibility index (Phi) is 7.28. The minimum atomic E-state index is -0.650. The number of H-pyrrole nitrogens is 1. The molecule has 2 amide bonds. The number of ether oxygens (including phenoxy) is 2. The van der Waals surface area contributed by atoms with E-state index in [2.05, 4.69) is 15.3 Å². The number of carbonyl (C=O) groups excluding carboxylic acids is 2. The number of piperidine rings is 1. The fraction of sp³-hybridized carbons (Fsp3) is 0.276. The molecule has 9 nitrogen and oxygen atoms in total. The third kappa shape index (κ3) is 4.92. The van der Waals surface area contributed by atoms with E-state index in [-0.39, 0.29) is 18.4 Å². The molecule has 0 bridgehead atoms. The van der Waals surface area contributed by atoms with Gasteiger partial charge in [0.15, 0.2) is 0 Å². The number of para-hydroxylation sites is 1. The van der Waals surface area contributed by atoms with E-state index in [9.17, 15) is 14.7 Å². The zero-order valence-electron chi connectivity index (χ0n) is 21.4. The van der Waals surface area contributed by atoms with E-state index >= 15 is 0 Å². The summed E-state index contributed by atoms with van der Waals surface area (Å²) in [7, 11) is 2.92. The van der Waals surface area contributed by atoms with Gasteiger partial charge in [-0.05, 0) is 48.6 Å². The van der Waals surface area contributed by atoms with E-state index in [4.69, 9.17) is 9.47 Å². The summed E-state index contributed by atoms with van der Waals surface area (Å²) in [5.41, 5.74) is 5.00. The van der Waals surface area contributed by atoms with Crippen LogP contribution in [0.25, 0.3) is 33.3 Å². The second-order valence-corrected chi connectivity index (χ2v) is 9.32. The van der Waals surface area contributed by atoms with Crippen LogP contribution in [0.2, 0.25) is 0 Å². The van der Waals surface area contributed by atoms with E-state index in [1.807, 2.05) is 42.6 Å². The van der Waals surface area contributed by atoms with Gasteiger partial charge in [0.05, 0.1) is 25.5 Å². The Balaban J connectivity index is 1.54. The van der Waals surface area contributed by atoms with Crippen LogP contribution < -0.4 is 10.1 Å². The van der Waals surface area contributed by atoms with Crippen LogP contribution in [-0.2, 0) is 4.74 Å². The number of benzene rings is 2. The van der Waals surface area contributed by atoms with Gasteiger partial charge in [0.1, 0.15) is 11.4 Å². The molecule has 1 aliphatic rings. The van der Waals surface area contributed by atoms with E-state index in [1.165, 1.54) is 7.11 Å². The topological polar surface area (TPSA) is 117 Å². The molecular weight excluding hydrogens is 484 g/mol. The lowest BCUT2D eigenvalue weighted by Gasteiger charge is -2.31. The van der Waals surface area contributed by atoms with Crippen molar-refractivity contribution in [2.24, 2.45) is 5.92 Å². The zero-order chi connectivity index (χ0) is 26.6. The summed E-state index contributed by atoms with van der Waals surface area (Å²) < 4.78 is 10.3. The lowest BCUT2D eigenvalue weighted by Crippen LogP contribution is -2.39. The predicted molar refractivity (Wildman–Crippen MR) is 145 cm³/mol. The highest BCUT2D eigenvalue weighted by molar-refractivity contribution is 6.04. The number of aromatic amines is 1. The molecule has 2 aromatic heterocycles. The maximum atomic E-state index is 13.6. The van der Waals surface area contributed by atoms with Gasteiger partial charge >= 0.3 is 6.09 Å². The van der Waals surface area contributed by atoms with Crippen LogP contribution in [0.4, 0.5) is 10.5 Å². The Hall–Kier alpha value is -4.37. The van der Waals surface area contributed by atoms with Crippen LogP contribution in [0.1, 0.15) is 23.2 Å². The lowest BCUT2D eigenvalue weighted by molar-refractivity contribution is 0.0652. The largest absolute Gasteiger partial charge is 0.496 e. The first kappa shape index (κ1) is 25.3. The number of aromatic nitrogens is 2. The Morgan fingerprint density at radius 2 is 1.87 bits per heavy atom. The molecule has 0 saturated carbocycles. The number of hydrogen-bond donors (Lipinski definition) is 3. The molecule has 38 heavy (non-hydrogen) atoms. The minimum Gasteiger partial charge on any atom is -0.496 e. The second-order valence-electron chi connectivity index (χ2n) is 9.32. The third-order valence-electron chi connectivity index (χ3n) is 7.09. The number of amides is 2. The molecule has 0 spiro atoms. The van der Waals surface area contributed by atoms with E-state index in [0.717, 1.165) is 51.9 Å². The summed E-state index contributed by atoms with van der Waals surface area (Å²) in [4.78, 5) is 35.2. The van der Waals surface area contributed by atoms with E-state index in [1.54, 1.807) is 30.3 Å². The zero-order valence-corrected chi connectivity index (χ0v) is 21.4. The molecular formula is C29H30N4O5. The first-order chi connectivity index (χ1) is 18.5. The number of hydrogen-bond acceptors (Lipinski definition) is 6. The van der Waals surface area contributed by atoms with E-state index in [0.29, 0.717) is 24.3 Å². The third-order valence-corrected chi connectivity index (χ3v) is 7.09. The van der Waals surface area contributed by atoms with Gasteiger partial charge < -0.3 is 24.5 Å². The van der Waals surface area contributed by atoms with Gasteiger partial charge in [-0.1, -0.05) is 24.3 Å². The first-order valence-corrected chi connectivity index (χ1v) is 12.5. The van der Waals surface area contributed by atoms with Crippen molar-refractivity contribution in [2.45, 2.75) is 12.8 Å². The van der Waals surface area contributed by atoms with Gasteiger partial charge in [-0.15, -0.1) is 0 Å². The number of carbonyl (C=O) groups is 2. The molecule has 0 radical (unpaired) electrons. The summed E-state index contributed by atoms with van der Waals surface area (Å²) in [5.74, 6) is 0.782. The van der Waals surface area contributed by atoms with Gasteiger partial charge in [-0.25, -0.2) is 9.78 Å². The Morgan fingerprint density at radius 1 is 1.08 bits per heavy atom. The smallest absolute Gasteiger partial charge is 0.411 e. The molecule has 1 fully saturated rings. The van der Waals surface area contributed by atoms with Crippen molar-refractivity contribution in [1.29, 1.82) is 0 Å². The fourth-order valence-corrected chi connectivity index (χ4v) is 4.91. The average molecular weight is 515 g/mol. The van der Waals surface area contributed by atoms with Gasteiger partial charge in [0.2, 0.25) is 0 Å². The molecule has 4 aromatic rings. The number of nitrogens with one attached hydrogen (secondary N) is 2. The number of nitrogens with zero attached hydrogens (tertiary/aromatic N) is 2. The standard InChI is InChI=1S/C29H30N4O5/c1-37-26-6-4-3-5-21(26)24-16-31-27-22(24)14-20(15-30-27)19-7-8-25(32-29(36)38-2)23(13-19)28(35)33-11-9-18(17-34)10-12-33/h3-8,13-16,18,34H,9-12,17H2,1-2H3,(H,30,31)(H,32,36). The Morgan fingerprint density at radius 3 is 2.61 bits per heavy atom. The maximum Gasteiger partial charge on any atom is 0.411 e. The summed E-state index contributed by atoms with van der Waals surface area (Å²) in [6.07, 6.45) is 4.49. The van der Waals surface area contributed by atoms with E-state index < -0.39 is 6.09 Å². The number of methoxy groups -OCH3 is 2. The van der Waals surface area contributed by atoms with Crippen LogP contribution in [0, 0.1) is 5.92 Å². The summed E-state index contributed by atoms with van der Waals surface area (Å²) in [6, 6.07) is 15.2. The maximum absolute atomic E-state index is 13.6. The highest BCUT2D eigenvalue weighted by Gasteiger charge is 2.26. The Labute approximate surface area is 220 Å². The summed E-state index contributed by atoms with van der Waals surface area (Å²) in [6.45, 7) is 1.22. The normalized spacial score (nSPS) is 13.9. The van der Waals surface area contributed by atoms with Crippen molar-refractivity contribution in [3.05, 3.63) is 66.5 Å². The van der Waals surface area contributed by atoms with Crippen LogP contribution in [0.15, 0.2) is 60.9 Å². The number of rotatable bonds is 6. The molecule has 2 aromatic carbocycles. The number of fused-ring (bicyclic) bond motifs is 1. The fourth-order valence-electron chi connectivity index (χ4n) is 4.91. The van der Waals surface area contributed by atoms with Crippen molar-refractivity contribution in [3.63, 3.8) is 0 Å². The minimum absolute atomic E-state index is 0.123. The van der Waals surface area contributed by atoms with Crippen molar-refractivity contribution < 1.29 is 24.2 Å². The van der Waals surface area contributed by atoms with Crippen molar-refractivity contribution in [2.75, 3.05) is 39.2 Å². The van der Waals surface area contributed by atoms with Gasteiger partial charge in [0, 0.05) is 54.2 Å². The highest BCUT2D eigenvalue weighted by atomic mass is 16.5. The van der Waals surface area contributed by atoms with Gasteiger partial charge in [0.25, 0.3) is 5.91 Å². The van der Waals surface area contributed by atoms with Crippen LogP contribution in [0.3, 0.4) is 0 Å². The monoisotopic (exact) mass is 514 g/mol. The SMILES string of the molecule is COC(=O)Nc1ccc(-c2cnc3[nH]cc(-c4ccccc4OC)c3c2)cc1C(=O)N1CCC(CO)CC1. The molecule has 9 heteroatoms.